The molecule has 0 aliphatic heterocycles. The smallest absolute Gasteiger partial charge is 0.0785 e. The van der Waals surface area contributed by atoms with Gasteiger partial charge in [0.15, 0.2) is 0 Å². The fourth-order valence-electron chi connectivity index (χ4n) is 5.88. The van der Waals surface area contributed by atoms with Crippen molar-refractivity contribution < 1.29 is 0 Å². The molecule has 216 valence electrons. The summed E-state index contributed by atoms with van der Waals surface area (Å²) in [7, 11) is -0.597. The van der Waals surface area contributed by atoms with Crippen LogP contribution < -0.4 is 15.9 Å². The molecule has 3 unspecified atom stereocenters. The molecule has 0 spiro atoms. The maximum atomic E-state index is 7.43. The van der Waals surface area contributed by atoms with Crippen molar-refractivity contribution in [1.29, 1.82) is 0 Å². The zero-order chi connectivity index (χ0) is 29.0. The maximum absolute atomic E-state index is 7.43. The van der Waals surface area contributed by atoms with Gasteiger partial charge in [-0.25, -0.2) is 0 Å². The van der Waals surface area contributed by atoms with Crippen molar-refractivity contribution in [2.45, 2.75) is 72.8 Å². The first-order valence-electron chi connectivity index (χ1n) is 15.4. The summed E-state index contributed by atoms with van der Waals surface area (Å²) >= 11 is 9.33. The Hall–Kier alpha value is -2.57. The molecule has 4 aromatic rings. The van der Waals surface area contributed by atoms with Crippen molar-refractivity contribution in [1.82, 2.24) is 0 Å². The lowest BCUT2D eigenvalue weighted by Crippen LogP contribution is -2.32. The number of hydrogen-bond donors (Lipinski definition) is 0. The van der Waals surface area contributed by atoms with Crippen molar-refractivity contribution in [2.24, 2.45) is 0 Å². The maximum Gasteiger partial charge on any atom is 0.0785 e. The minimum atomic E-state index is -0.597. The van der Waals surface area contributed by atoms with Gasteiger partial charge in [-0.3, -0.25) is 0 Å². The SMILES string of the molecule is CCCCCC(CCCC1(Cl)C=CC=CC1Sc1ccc(P(c2ccccc2)c2ccccc2)cc1)c1ccccc1. The van der Waals surface area contributed by atoms with Crippen LogP contribution in [-0.4, -0.2) is 10.1 Å². The molecule has 0 radical (unpaired) electrons. The number of allylic oxidation sites excluding steroid dienone is 3. The van der Waals surface area contributed by atoms with Gasteiger partial charge in [-0.15, -0.1) is 23.4 Å². The number of hydrogen-bond acceptors (Lipinski definition) is 1. The molecule has 5 rings (SSSR count). The average Bonchev–Trinajstić information content (AvgIpc) is 3.04. The molecule has 1 aliphatic carbocycles. The van der Waals surface area contributed by atoms with Crippen LogP contribution in [0.4, 0.5) is 0 Å². The third-order valence-corrected chi connectivity index (χ3v) is 12.7. The molecular weight excluding hydrogens is 567 g/mol. The van der Waals surface area contributed by atoms with Crippen LogP contribution in [0.5, 0.6) is 0 Å². The molecule has 0 saturated carbocycles. The van der Waals surface area contributed by atoms with Gasteiger partial charge >= 0.3 is 0 Å². The molecule has 0 N–H and O–H groups in total. The predicted octanol–water partition coefficient (Wildman–Crippen LogP) is 10.5. The van der Waals surface area contributed by atoms with Crippen LogP contribution in [0.3, 0.4) is 0 Å². The van der Waals surface area contributed by atoms with E-state index in [-0.39, 0.29) is 10.1 Å². The Balaban J connectivity index is 1.26. The van der Waals surface area contributed by atoms with Crippen LogP contribution in [0.2, 0.25) is 0 Å². The molecule has 3 heteroatoms. The van der Waals surface area contributed by atoms with Crippen molar-refractivity contribution in [3.8, 4) is 0 Å². The van der Waals surface area contributed by atoms with E-state index in [4.69, 9.17) is 11.6 Å². The highest BCUT2D eigenvalue weighted by atomic mass is 35.5. The summed E-state index contributed by atoms with van der Waals surface area (Å²) in [6.07, 6.45) is 17.3. The quantitative estimate of drug-likeness (QED) is 0.0779. The Labute approximate surface area is 264 Å². The molecule has 3 atom stereocenters. The fourth-order valence-corrected chi connectivity index (χ4v) is 9.73. The highest BCUT2D eigenvalue weighted by molar-refractivity contribution is 8.00. The summed E-state index contributed by atoms with van der Waals surface area (Å²) in [5.74, 6) is 0.615. The van der Waals surface area contributed by atoms with Crippen LogP contribution in [0.1, 0.15) is 63.4 Å². The molecule has 0 aromatic heterocycles. The van der Waals surface area contributed by atoms with E-state index in [0.717, 1.165) is 12.8 Å². The monoisotopic (exact) mass is 608 g/mol. The number of unbranched alkanes of at least 4 members (excludes halogenated alkanes) is 2. The van der Waals surface area contributed by atoms with Crippen molar-refractivity contribution >= 4 is 47.2 Å². The molecule has 0 heterocycles. The van der Waals surface area contributed by atoms with E-state index in [1.807, 2.05) is 11.8 Å². The van der Waals surface area contributed by atoms with Crippen molar-refractivity contribution in [3.63, 3.8) is 0 Å². The zero-order valence-electron chi connectivity index (χ0n) is 24.6. The highest BCUT2D eigenvalue weighted by Crippen LogP contribution is 2.43. The van der Waals surface area contributed by atoms with Crippen LogP contribution in [-0.2, 0) is 0 Å². The van der Waals surface area contributed by atoms with Crippen LogP contribution in [0.15, 0.2) is 144 Å². The summed E-state index contributed by atoms with van der Waals surface area (Å²) in [6, 6.07) is 42.2. The molecule has 0 saturated heterocycles. The van der Waals surface area contributed by atoms with Gasteiger partial charge in [0.2, 0.25) is 0 Å². The number of benzene rings is 4. The minimum absolute atomic E-state index is 0.204. The third-order valence-electron chi connectivity index (χ3n) is 8.17. The van der Waals surface area contributed by atoms with E-state index in [9.17, 15) is 0 Å². The number of thioether (sulfide) groups is 1. The third kappa shape index (κ3) is 8.29. The molecule has 0 fully saturated rings. The topological polar surface area (TPSA) is 0 Å². The summed E-state index contributed by atoms with van der Waals surface area (Å²) in [5, 5.41) is 4.33. The molecule has 0 nitrogen and oxygen atoms in total. The second-order valence-electron chi connectivity index (χ2n) is 11.2. The highest BCUT2D eigenvalue weighted by Gasteiger charge is 2.35. The number of alkyl halides is 1. The van der Waals surface area contributed by atoms with E-state index < -0.39 is 7.92 Å². The molecule has 1 aliphatic rings. The Morgan fingerprint density at radius 1 is 0.690 bits per heavy atom. The van der Waals surface area contributed by atoms with Gasteiger partial charge in [0.1, 0.15) is 0 Å². The van der Waals surface area contributed by atoms with E-state index in [0.29, 0.717) is 5.92 Å². The van der Waals surface area contributed by atoms with Gasteiger partial charge in [-0.1, -0.05) is 160 Å². The Morgan fingerprint density at radius 2 is 1.26 bits per heavy atom. The summed E-state index contributed by atoms with van der Waals surface area (Å²) in [5.41, 5.74) is 1.48. The second kappa shape index (κ2) is 15.8. The van der Waals surface area contributed by atoms with E-state index in [1.54, 1.807) is 0 Å². The Kier molecular flexibility index (Phi) is 11.6. The standard InChI is InChI=1S/C39H42ClPS/c1-2-3-7-17-33(32-18-8-4-9-19-32)20-16-31-39(40)30-15-14-25-38(39)42-37-28-26-36(27-29-37)41(34-21-10-5-11-22-34)35-23-12-6-13-24-35/h4-6,8-15,18-19,21-30,33,38H,2-3,7,16-17,20,31H2,1H3. The Morgan fingerprint density at radius 3 is 1.88 bits per heavy atom. The van der Waals surface area contributed by atoms with Gasteiger partial charge in [-0.05, 0) is 66.7 Å². The summed E-state index contributed by atoms with van der Waals surface area (Å²) in [6.45, 7) is 2.29. The van der Waals surface area contributed by atoms with Gasteiger partial charge in [0.25, 0.3) is 0 Å². The van der Waals surface area contributed by atoms with Crippen molar-refractivity contribution in [2.75, 3.05) is 0 Å². The minimum Gasteiger partial charge on any atom is -0.116 e. The average molecular weight is 609 g/mol. The summed E-state index contributed by atoms with van der Waals surface area (Å²) in [4.78, 5) is 0.898. The van der Waals surface area contributed by atoms with Crippen LogP contribution in [0.25, 0.3) is 0 Å². The van der Waals surface area contributed by atoms with Crippen LogP contribution >= 0.6 is 31.3 Å². The lowest BCUT2D eigenvalue weighted by Gasteiger charge is -2.33. The lowest BCUT2D eigenvalue weighted by atomic mass is 9.86. The number of halogens is 1. The van der Waals surface area contributed by atoms with E-state index in [2.05, 4.69) is 146 Å². The first-order valence-corrected chi connectivity index (χ1v) is 18.0. The first-order chi connectivity index (χ1) is 20.7. The first kappa shape index (κ1) is 30.9. The van der Waals surface area contributed by atoms with Crippen LogP contribution in [0, 0.1) is 0 Å². The Bertz CT molecular complexity index is 1360. The van der Waals surface area contributed by atoms with Crippen molar-refractivity contribution in [3.05, 3.63) is 145 Å². The molecule has 0 bridgehead atoms. The largest absolute Gasteiger partial charge is 0.116 e. The van der Waals surface area contributed by atoms with E-state index in [1.165, 1.54) is 58.5 Å². The number of rotatable bonds is 14. The fraction of sp³-hybridized carbons (Fsp3) is 0.282. The molecule has 0 amide bonds. The van der Waals surface area contributed by atoms with E-state index >= 15 is 0 Å². The predicted molar refractivity (Wildman–Crippen MR) is 189 cm³/mol. The van der Waals surface area contributed by atoms with Gasteiger partial charge < -0.3 is 0 Å². The molecule has 4 aromatic carbocycles. The van der Waals surface area contributed by atoms with Gasteiger partial charge in [0.05, 0.1) is 10.1 Å². The second-order valence-corrected chi connectivity index (χ2v) is 15.3. The lowest BCUT2D eigenvalue weighted by molar-refractivity contribution is 0.488. The molecular formula is C39H42ClPS. The normalized spacial score (nSPS) is 18.8. The molecule has 42 heavy (non-hydrogen) atoms. The summed E-state index contributed by atoms with van der Waals surface area (Å²) < 4.78 is 0. The zero-order valence-corrected chi connectivity index (χ0v) is 27.1. The van der Waals surface area contributed by atoms with Gasteiger partial charge in [0, 0.05) is 4.90 Å². The van der Waals surface area contributed by atoms with Gasteiger partial charge in [-0.2, -0.15) is 0 Å².